The van der Waals surface area contributed by atoms with Gasteiger partial charge in [-0.15, -0.1) is 0 Å². The molecule has 0 saturated carbocycles. The predicted molar refractivity (Wildman–Crippen MR) is 122 cm³/mol. The molecule has 0 bridgehead atoms. The summed E-state index contributed by atoms with van der Waals surface area (Å²) in [5.41, 5.74) is 2.00. The first kappa shape index (κ1) is 23.1. The fraction of sp³-hybridized carbons (Fsp3) is 0.417. The number of likely N-dealkylation sites (N-methyl/N-ethyl adjacent to an activating group) is 1. The van der Waals surface area contributed by atoms with Gasteiger partial charge >= 0.3 is 0 Å². The lowest BCUT2D eigenvalue weighted by Crippen LogP contribution is -2.40. The van der Waals surface area contributed by atoms with Crippen LogP contribution in [0.25, 0.3) is 0 Å². The quantitative estimate of drug-likeness (QED) is 0.596. The number of carbonyl (C=O) groups excluding carboxylic acids is 2. The molecule has 0 aliphatic carbocycles. The Hall–Kier alpha value is -2.57. The molecule has 1 atom stereocenters. The molecule has 166 valence electrons. The largest absolute Gasteiger partial charge is 0.497 e. The summed E-state index contributed by atoms with van der Waals surface area (Å²) in [4.78, 5) is 31.6. The van der Waals surface area contributed by atoms with Crippen LogP contribution in [0.15, 0.2) is 48.5 Å². The third kappa shape index (κ3) is 6.45. The van der Waals surface area contributed by atoms with Crippen LogP contribution in [-0.2, 0) is 22.7 Å². The maximum atomic E-state index is 13.4. The molecule has 0 N–H and O–H groups in total. The van der Waals surface area contributed by atoms with Crippen molar-refractivity contribution in [1.82, 2.24) is 14.7 Å². The summed E-state index contributed by atoms with van der Waals surface area (Å²) in [6.45, 7) is 2.77. The van der Waals surface area contributed by atoms with E-state index < -0.39 is 0 Å². The molecule has 7 heteroatoms. The number of carbonyl (C=O) groups is 2. The van der Waals surface area contributed by atoms with Gasteiger partial charge in [0.2, 0.25) is 11.8 Å². The van der Waals surface area contributed by atoms with E-state index in [1.54, 1.807) is 12.0 Å². The van der Waals surface area contributed by atoms with Crippen LogP contribution in [0.2, 0.25) is 5.02 Å². The molecule has 3 rings (SSSR count). The van der Waals surface area contributed by atoms with E-state index in [0.29, 0.717) is 31.2 Å². The van der Waals surface area contributed by atoms with Gasteiger partial charge in [-0.25, -0.2) is 0 Å². The SMILES string of the molecule is COc1ccc(CN2CC(C(=O)N(CCN(C)C)Cc3cccc(Cl)c3)CC2=O)cc1. The van der Waals surface area contributed by atoms with Crippen molar-refractivity contribution in [3.63, 3.8) is 0 Å². The number of rotatable bonds is 9. The number of methoxy groups -OCH3 is 1. The fourth-order valence-electron chi connectivity index (χ4n) is 3.74. The van der Waals surface area contributed by atoms with Gasteiger partial charge in [0.05, 0.1) is 13.0 Å². The Kier molecular flexibility index (Phi) is 7.93. The Bertz CT molecular complexity index is 901. The van der Waals surface area contributed by atoms with Crippen molar-refractivity contribution < 1.29 is 14.3 Å². The molecule has 1 unspecified atom stereocenters. The Morgan fingerprint density at radius 2 is 1.87 bits per heavy atom. The normalized spacial score (nSPS) is 16.1. The van der Waals surface area contributed by atoms with Crippen LogP contribution in [0.4, 0.5) is 0 Å². The molecule has 1 saturated heterocycles. The average molecular weight is 444 g/mol. The third-order valence-corrected chi connectivity index (χ3v) is 5.72. The average Bonchev–Trinajstić information content (AvgIpc) is 3.11. The Balaban J connectivity index is 1.67. The van der Waals surface area contributed by atoms with Crippen LogP contribution in [0.3, 0.4) is 0 Å². The van der Waals surface area contributed by atoms with Gasteiger partial charge in [0.25, 0.3) is 0 Å². The lowest BCUT2D eigenvalue weighted by atomic mass is 10.1. The van der Waals surface area contributed by atoms with Gasteiger partial charge in [-0.2, -0.15) is 0 Å². The van der Waals surface area contributed by atoms with Crippen molar-refractivity contribution in [3.05, 3.63) is 64.7 Å². The molecule has 6 nitrogen and oxygen atoms in total. The lowest BCUT2D eigenvalue weighted by Gasteiger charge is -2.27. The van der Waals surface area contributed by atoms with Crippen molar-refractivity contribution in [1.29, 1.82) is 0 Å². The molecule has 1 aliphatic heterocycles. The molecule has 1 aliphatic rings. The number of nitrogens with zero attached hydrogens (tertiary/aromatic N) is 3. The second-order valence-corrected chi connectivity index (χ2v) is 8.65. The number of benzene rings is 2. The van der Waals surface area contributed by atoms with E-state index in [0.717, 1.165) is 23.4 Å². The molecule has 0 radical (unpaired) electrons. The maximum absolute atomic E-state index is 13.4. The summed E-state index contributed by atoms with van der Waals surface area (Å²) in [6.07, 6.45) is 0.253. The van der Waals surface area contributed by atoms with Crippen LogP contribution in [0, 0.1) is 5.92 Å². The van der Waals surface area contributed by atoms with Crippen LogP contribution in [-0.4, -0.2) is 67.4 Å². The monoisotopic (exact) mass is 443 g/mol. The first-order valence-electron chi connectivity index (χ1n) is 10.4. The smallest absolute Gasteiger partial charge is 0.228 e. The van der Waals surface area contributed by atoms with Crippen LogP contribution in [0.5, 0.6) is 5.75 Å². The zero-order valence-corrected chi connectivity index (χ0v) is 19.1. The van der Waals surface area contributed by atoms with Gasteiger partial charge < -0.3 is 19.4 Å². The first-order valence-corrected chi connectivity index (χ1v) is 10.8. The maximum Gasteiger partial charge on any atom is 0.228 e. The predicted octanol–water partition coefficient (Wildman–Crippen LogP) is 3.29. The number of hydrogen-bond donors (Lipinski definition) is 0. The third-order valence-electron chi connectivity index (χ3n) is 5.49. The highest BCUT2D eigenvalue weighted by molar-refractivity contribution is 6.30. The second kappa shape index (κ2) is 10.6. The van der Waals surface area contributed by atoms with Gasteiger partial charge in [-0.05, 0) is 49.5 Å². The topological polar surface area (TPSA) is 53.1 Å². The van der Waals surface area contributed by atoms with Crippen molar-refractivity contribution in [3.8, 4) is 5.75 Å². The van der Waals surface area contributed by atoms with E-state index in [-0.39, 0.29) is 24.2 Å². The van der Waals surface area contributed by atoms with E-state index in [1.165, 1.54) is 0 Å². The molecule has 1 heterocycles. The summed E-state index contributed by atoms with van der Waals surface area (Å²) in [5.74, 6) is 0.492. The molecule has 2 amide bonds. The van der Waals surface area contributed by atoms with Crippen LogP contribution in [0.1, 0.15) is 17.5 Å². The first-order chi connectivity index (χ1) is 14.9. The summed E-state index contributed by atoms with van der Waals surface area (Å²) in [6, 6.07) is 15.2. The van der Waals surface area contributed by atoms with E-state index >= 15 is 0 Å². The highest BCUT2D eigenvalue weighted by Crippen LogP contribution is 2.24. The van der Waals surface area contributed by atoms with E-state index in [4.69, 9.17) is 16.3 Å². The number of hydrogen-bond acceptors (Lipinski definition) is 4. The summed E-state index contributed by atoms with van der Waals surface area (Å²) in [5, 5.41) is 0.652. The van der Waals surface area contributed by atoms with Crippen molar-refractivity contribution in [2.45, 2.75) is 19.5 Å². The standard InChI is InChI=1S/C24H30ClN3O3/c1-26(2)11-12-27(16-19-5-4-6-21(25)13-19)24(30)20-14-23(29)28(17-20)15-18-7-9-22(31-3)10-8-18/h4-10,13,20H,11-12,14-17H2,1-3H3. The van der Waals surface area contributed by atoms with Crippen LogP contribution < -0.4 is 4.74 Å². The number of likely N-dealkylation sites (tertiary alicyclic amines) is 1. The lowest BCUT2D eigenvalue weighted by molar-refractivity contribution is -0.136. The fourth-order valence-corrected chi connectivity index (χ4v) is 3.96. The molecular weight excluding hydrogens is 414 g/mol. The van der Waals surface area contributed by atoms with Crippen molar-refractivity contribution in [2.75, 3.05) is 40.8 Å². The summed E-state index contributed by atoms with van der Waals surface area (Å²) >= 11 is 6.13. The van der Waals surface area contributed by atoms with Crippen LogP contribution >= 0.6 is 11.6 Å². The van der Waals surface area contributed by atoms with Gasteiger partial charge in [0.15, 0.2) is 0 Å². The molecule has 0 spiro atoms. The summed E-state index contributed by atoms with van der Waals surface area (Å²) in [7, 11) is 5.59. The van der Waals surface area contributed by atoms with E-state index in [9.17, 15) is 9.59 Å². The van der Waals surface area contributed by atoms with Gasteiger partial charge in [0.1, 0.15) is 5.75 Å². The van der Waals surface area contributed by atoms with E-state index in [1.807, 2.05) is 72.4 Å². The number of halogens is 1. The summed E-state index contributed by atoms with van der Waals surface area (Å²) < 4.78 is 5.19. The molecular formula is C24H30ClN3O3. The van der Waals surface area contributed by atoms with Gasteiger partial charge in [-0.3, -0.25) is 9.59 Å². The molecule has 1 fully saturated rings. The zero-order valence-electron chi connectivity index (χ0n) is 18.4. The molecule has 0 aromatic heterocycles. The minimum Gasteiger partial charge on any atom is -0.497 e. The molecule has 2 aromatic carbocycles. The van der Waals surface area contributed by atoms with Gasteiger partial charge in [0, 0.05) is 44.2 Å². The minimum absolute atomic E-state index is 0.0180. The number of amides is 2. The molecule has 31 heavy (non-hydrogen) atoms. The molecule has 2 aromatic rings. The van der Waals surface area contributed by atoms with E-state index in [2.05, 4.69) is 0 Å². The Morgan fingerprint density at radius 3 is 2.52 bits per heavy atom. The highest BCUT2D eigenvalue weighted by atomic mass is 35.5. The van der Waals surface area contributed by atoms with Crippen molar-refractivity contribution in [2.24, 2.45) is 5.92 Å². The number of ether oxygens (including phenoxy) is 1. The van der Waals surface area contributed by atoms with Gasteiger partial charge in [-0.1, -0.05) is 35.9 Å². The minimum atomic E-state index is -0.327. The highest BCUT2D eigenvalue weighted by Gasteiger charge is 2.36. The Labute approximate surface area is 189 Å². The van der Waals surface area contributed by atoms with Crippen molar-refractivity contribution >= 4 is 23.4 Å². The zero-order chi connectivity index (χ0) is 22.4. The Morgan fingerprint density at radius 1 is 1.13 bits per heavy atom. The second-order valence-electron chi connectivity index (χ2n) is 8.22.